The van der Waals surface area contributed by atoms with Crippen molar-refractivity contribution < 1.29 is 15.0 Å². The first-order chi connectivity index (χ1) is 33.7. The molecule has 0 aromatic heterocycles. The van der Waals surface area contributed by atoms with Gasteiger partial charge in [0.25, 0.3) is 0 Å². The van der Waals surface area contributed by atoms with Crippen LogP contribution >= 0.6 is 0 Å². The van der Waals surface area contributed by atoms with E-state index in [2.05, 4.69) is 189 Å². The monoisotopic (exact) mass is 930 g/mol. The van der Waals surface area contributed by atoms with Crippen LogP contribution in [0.15, 0.2) is 182 Å². The molecule has 4 nitrogen and oxygen atoms in total. The fraction of sp³-hybridized carbons (Fsp3) is 0.516. The molecule has 68 heavy (non-hydrogen) atoms. The molecule has 1 amide bonds. The van der Waals surface area contributed by atoms with E-state index in [4.69, 9.17) is 0 Å². The van der Waals surface area contributed by atoms with E-state index in [1.54, 1.807) is 6.08 Å². The van der Waals surface area contributed by atoms with E-state index >= 15 is 0 Å². The summed E-state index contributed by atoms with van der Waals surface area (Å²) in [5.41, 5.74) is 0. The van der Waals surface area contributed by atoms with Crippen LogP contribution in [0.4, 0.5) is 0 Å². The maximum Gasteiger partial charge on any atom is 0.220 e. The number of rotatable bonds is 46. The topological polar surface area (TPSA) is 69.6 Å². The lowest BCUT2D eigenvalue weighted by atomic mass is 10.1. The van der Waals surface area contributed by atoms with E-state index in [1.807, 2.05) is 6.08 Å². The maximum atomic E-state index is 12.4. The molecule has 2 atom stereocenters. The van der Waals surface area contributed by atoms with Gasteiger partial charge >= 0.3 is 0 Å². The molecule has 0 bridgehead atoms. The van der Waals surface area contributed by atoms with Crippen LogP contribution in [0, 0.1) is 0 Å². The third-order valence-corrected chi connectivity index (χ3v) is 10.9. The fourth-order valence-corrected chi connectivity index (χ4v) is 6.78. The first-order valence-corrected chi connectivity index (χ1v) is 27.0. The summed E-state index contributed by atoms with van der Waals surface area (Å²) in [5, 5.41) is 23.0. The lowest BCUT2D eigenvalue weighted by Gasteiger charge is -2.19. The third-order valence-electron chi connectivity index (χ3n) is 10.9. The first-order valence-electron chi connectivity index (χ1n) is 27.0. The summed E-state index contributed by atoms with van der Waals surface area (Å²) < 4.78 is 0. The molecule has 0 aromatic carbocycles. The minimum Gasteiger partial charge on any atom is -0.394 e. The minimum absolute atomic E-state index is 0.129. The Morgan fingerprint density at radius 1 is 0.368 bits per heavy atom. The van der Waals surface area contributed by atoms with Gasteiger partial charge in [-0.1, -0.05) is 235 Å². The van der Waals surface area contributed by atoms with E-state index in [0.717, 1.165) is 122 Å². The molecule has 0 aliphatic carbocycles. The highest BCUT2D eigenvalue weighted by Crippen LogP contribution is 2.10. The predicted molar refractivity (Wildman–Crippen MR) is 303 cm³/mol. The second-order valence-corrected chi connectivity index (χ2v) is 17.2. The average molecular weight is 930 g/mol. The smallest absolute Gasteiger partial charge is 0.220 e. The second-order valence-electron chi connectivity index (χ2n) is 17.2. The number of carbonyl (C=O) groups excluding carboxylic acids is 1. The largest absolute Gasteiger partial charge is 0.394 e. The average Bonchev–Trinajstić information content (AvgIpc) is 3.34. The molecule has 0 aliphatic heterocycles. The number of unbranched alkanes of at least 4 members (excludes halogenated alkanes) is 11. The molecule has 0 spiro atoms. The van der Waals surface area contributed by atoms with E-state index in [1.165, 1.54) is 51.4 Å². The van der Waals surface area contributed by atoms with Gasteiger partial charge < -0.3 is 15.5 Å². The highest BCUT2D eigenvalue weighted by atomic mass is 16.3. The predicted octanol–water partition coefficient (Wildman–Crippen LogP) is 18.1. The Bertz CT molecular complexity index is 1570. The first kappa shape index (κ1) is 63.5. The maximum absolute atomic E-state index is 12.4. The molecule has 0 radical (unpaired) electrons. The number of amides is 1. The molecule has 3 N–H and O–H groups in total. The number of aliphatic hydroxyl groups is 2. The van der Waals surface area contributed by atoms with E-state index in [9.17, 15) is 15.0 Å². The summed E-state index contributed by atoms with van der Waals surface area (Å²) in [6, 6.07) is -0.683. The number of hydrogen-bond acceptors (Lipinski definition) is 3. The highest BCUT2D eigenvalue weighted by Gasteiger charge is 2.17. The Morgan fingerprint density at radius 3 is 1.03 bits per heavy atom. The summed E-state index contributed by atoms with van der Waals surface area (Å²) in [5.74, 6) is -0.129. The summed E-state index contributed by atoms with van der Waals surface area (Å²) in [4.78, 5) is 12.4. The van der Waals surface area contributed by atoms with E-state index < -0.39 is 12.1 Å². The molecule has 0 heterocycles. The molecule has 0 saturated carbocycles. The third kappa shape index (κ3) is 52.5. The van der Waals surface area contributed by atoms with Gasteiger partial charge in [0.2, 0.25) is 5.91 Å². The van der Waals surface area contributed by atoms with Crippen LogP contribution in [0.25, 0.3) is 0 Å². The lowest BCUT2D eigenvalue weighted by molar-refractivity contribution is -0.123. The number of aliphatic hydroxyl groups excluding tert-OH is 2. The van der Waals surface area contributed by atoms with Crippen LogP contribution in [0.3, 0.4) is 0 Å². The van der Waals surface area contributed by atoms with Crippen molar-refractivity contribution in [1.82, 2.24) is 5.32 Å². The number of allylic oxidation sites excluding steroid dienone is 29. The zero-order valence-electron chi connectivity index (χ0n) is 43.3. The van der Waals surface area contributed by atoms with Crippen molar-refractivity contribution >= 4 is 5.91 Å². The Balaban J connectivity index is 3.80. The van der Waals surface area contributed by atoms with Crippen LogP contribution in [0.5, 0.6) is 0 Å². The van der Waals surface area contributed by atoms with Gasteiger partial charge in [-0.25, -0.2) is 0 Å². The molecule has 2 unspecified atom stereocenters. The summed E-state index contributed by atoms with van der Waals surface area (Å²) in [7, 11) is 0. The summed E-state index contributed by atoms with van der Waals surface area (Å²) in [6.07, 6.45) is 94.6. The van der Waals surface area contributed by atoms with Gasteiger partial charge in [-0.15, -0.1) is 0 Å². The van der Waals surface area contributed by atoms with Crippen LogP contribution in [-0.4, -0.2) is 34.9 Å². The normalized spacial score (nSPS) is 14.4. The van der Waals surface area contributed by atoms with Gasteiger partial charge in [0.15, 0.2) is 0 Å². The quantitative estimate of drug-likeness (QED) is 0.0421. The number of hydrogen-bond donors (Lipinski definition) is 3. The molecule has 0 fully saturated rings. The molecule has 0 saturated heterocycles. The van der Waals surface area contributed by atoms with Crippen molar-refractivity contribution in [3.8, 4) is 0 Å². The van der Waals surface area contributed by atoms with E-state index in [0.29, 0.717) is 6.42 Å². The molecule has 0 aliphatic rings. The van der Waals surface area contributed by atoms with Crippen molar-refractivity contribution in [3.05, 3.63) is 182 Å². The van der Waals surface area contributed by atoms with Gasteiger partial charge in [-0.05, 0) is 135 Å². The van der Waals surface area contributed by atoms with Crippen molar-refractivity contribution in [1.29, 1.82) is 0 Å². The van der Waals surface area contributed by atoms with Crippen LogP contribution in [0.1, 0.15) is 194 Å². The summed E-state index contributed by atoms with van der Waals surface area (Å²) >= 11 is 0. The Morgan fingerprint density at radius 2 is 0.662 bits per heavy atom. The minimum atomic E-state index is -0.902. The number of carbonyl (C=O) groups is 1. The van der Waals surface area contributed by atoms with Gasteiger partial charge in [-0.2, -0.15) is 0 Å². The van der Waals surface area contributed by atoms with Crippen LogP contribution in [0.2, 0.25) is 0 Å². The van der Waals surface area contributed by atoms with Gasteiger partial charge in [0, 0.05) is 6.42 Å². The summed E-state index contributed by atoms with van der Waals surface area (Å²) in [6.45, 7) is 4.13. The SMILES string of the molecule is CC/C=C\C/C=C\C/C=C\C/C=C\C/C=C\C/C=C\C/C=C\C/C=C\C/C=C\C/C=C\C/C=C\C/C=C\CCCCC(=O)NC(CO)C(O)/C=C/CC/C=C/CC/C=C/CCCCCCCCC. The zero-order chi connectivity index (χ0) is 49.2. The van der Waals surface area contributed by atoms with Crippen LogP contribution in [-0.2, 0) is 4.79 Å². The molecule has 0 rings (SSSR count). The van der Waals surface area contributed by atoms with Gasteiger partial charge in [-0.3, -0.25) is 4.79 Å². The molecular formula is C64H99NO3. The Labute approximate surface area is 419 Å². The molecule has 378 valence electrons. The van der Waals surface area contributed by atoms with E-state index in [-0.39, 0.29) is 12.5 Å². The molecule has 4 heteroatoms. The molecular weight excluding hydrogens is 831 g/mol. The number of nitrogens with one attached hydrogen (secondary N) is 1. The van der Waals surface area contributed by atoms with Crippen molar-refractivity contribution in [2.75, 3.05) is 6.61 Å². The standard InChI is InChI=1S/C64H99NO3/c1-3-5-7-9-11-13-15-17-19-21-22-23-24-25-26-27-28-29-30-31-32-33-34-35-36-37-38-39-40-41-42-44-46-48-50-52-54-56-58-60-64(68)65-62(61-66)63(67)59-57-55-53-51-49-47-45-43-20-18-16-14-12-10-8-6-4-2/h5,7,11,13,17,19-20,22-23,25-26,28-29,31-32,34-35,37-38,40-41,43-44,46,49-52,57,59,62-63,66-67H,3-4,6,8-10,12,14-16,18,21,24,27,30,33,36,39,42,45,47-48,53-56,58,60-61H2,1-2H3,(H,65,68)/b7-5-,13-11-,19-17-,23-22-,26-25-,29-28-,32-31-,35-34-,38-37-,41-40-,43-20+,46-44-,51-49+,52-50-,59-57+. The fourth-order valence-electron chi connectivity index (χ4n) is 6.78. The van der Waals surface area contributed by atoms with Crippen molar-refractivity contribution in [2.45, 2.75) is 206 Å². The lowest BCUT2D eigenvalue weighted by Crippen LogP contribution is -2.45. The molecule has 0 aromatic rings. The van der Waals surface area contributed by atoms with Crippen molar-refractivity contribution in [3.63, 3.8) is 0 Å². The highest BCUT2D eigenvalue weighted by molar-refractivity contribution is 5.76. The van der Waals surface area contributed by atoms with Gasteiger partial charge in [0.05, 0.1) is 18.8 Å². The van der Waals surface area contributed by atoms with Gasteiger partial charge in [0.1, 0.15) is 0 Å². The zero-order valence-corrected chi connectivity index (χ0v) is 43.3. The van der Waals surface area contributed by atoms with Crippen molar-refractivity contribution in [2.24, 2.45) is 0 Å². The Hall–Kier alpha value is -4.51. The Kier molecular flexibility index (Phi) is 53.0. The van der Waals surface area contributed by atoms with Crippen LogP contribution < -0.4 is 5.32 Å². The second kappa shape index (κ2) is 56.8.